The lowest BCUT2D eigenvalue weighted by Crippen LogP contribution is -2.57. The molecule has 0 spiro atoms. The third-order valence-corrected chi connectivity index (χ3v) is 7.00. The summed E-state index contributed by atoms with van der Waals surface area (Å²) in [4.78, 5) is 58.8. The molecule has 172 valence electrons. The number of fused-ring (bicyclic) bond motifs is 1. The van der Waals surface area contributed by atoms with Gasteiger partial charge in [0.15, 0.2) is 0 Å². The van der Waals surface area contributed by atoms with Crippen LogP contribution in [-0.2, 0) is 19.1 Å². The van der Waals surface area contributed by atoms with E-state index in [0.717, 1.165) is 17.3 Å². The Hall–Kier alpha value is -3.25. The maximum absolute atomic E-state index is 13.6. The Morgan fingerprint density at radius 1 is 1.39 bits per heavy atom. The molecular weight excluding hydrogens is 466 g/mol. The second kappa shape index (κ2) is 8.94. The smallest absolute Gasteiger partial charge is 0.308 e. The molecule has 0 saturated carbocycles. The van der Waals surface area contributed by atoms with E-state index in [-0.39, 0.29) is 34.5 Å². The molecule has 4 rings (SSSR count). The van der Waals surface area contributed by atoms with Crippen molar-refractivity contribution in [1.29, 1.82) is 0 Å². The second-order valence-corrected chi connectivity index (χ2v) is 9.24. The molecule has 0 aliphatic carbocycles. The van der Waals surface area contributed by atoms with Gasteiger partial charge in [-0.25, -0.2) is 4.98 Å². The van der Waals surface area contributed by atoms with Crippen LogP contribution in [0.5, 0.6) is 0 Å². The molecule has 0 unspecified atom stereocenters. The van der Waals surface area contributed by atoms with Crippen LogP contribution in [-0.4, -0.2) is 69.7 Å². The van der Waals surface area contributed by atoms with Gasteiger partial charge >= 0.3 is 5.97 Å². The summed E-state index contributed by atoms with van der Waals surface area (Å²) >= 11 is 6.29. The highest BCUT2D eigenvalue weighted by atomic mass is 32.2. The molecule has 12 heteroatoms. The molecule has 2 saturated heterocycles. The minimum Gasteiger partial charge on any atom is -0.469 e. The van der Waals surface area contributed by atoms with Gasteiger partial charge in [-0.05, 0) is 24.6 Å². The number of ether oxygens (including phenoxy) is 1. The predicted molar refractivity (Wildman–Crippen MR) is 128 cm³/mol. The molecule has 2 fully saturated rings. The van der Waals surface area contributed by atoms with Gasteiger partial charge in [-0.2, -0.15) is 0 Å². The number of esters is 1. The minimum absolute atomic E-state index is 0.136. The lowest BCUT2D eigenvalue weighted by atomic mass is 10.1. The molecule has 10 nitrogen and oxygen atoms in total. The van der Waals surface area contributed by atoms with E-state index in [1.54, 1.807) is 24.2 Å². The molecule has 0 aromatic carbocycles. The number of nitrogens with one attached hydrogen (secondary N) is 1. The molecule has 2 aliphatic rings. The molecule has 33 heavy (non-hydrogen) atoms. The van der Waals surface area contributed by atoms with Crippen LogP contribution in [0.2, 0.25) is 0 Å². The normalized spacial score (nSPS) is 20.0. The fraction of sp³-hybridized carbons (Fsp3) is 0.333. The van der Waals surface area contributed by atoms with Gasteiger partial charge in [0.2, 0.25) is 5.91 Å². The first-order valence-corrected chi connectivity index (χ1v) is 11.3. The number of amides is 2. The van der Waals surface area contributed by atoms with Crippen molar-refractivity contribution >= 4 is 63.6 Å². The Morgan fingerprint density at radius 3 is 2.82 bits per heavy atom. The second-order valence-electron chi connectivity index (χ2n) is 7.56. The number of pyridine rings is 1. The van der Waals surface area contributed by atoms with Gasteiger partial charge in [0, 0.05) is 26.3 Å². The number of hydrogen-bond acceptors (Lipinski definition) is 9. The number of aryl methyl sites for hydroxylation is 1. The van der Waals surface area contributed by atoms with Crippen molar-refractivity contribution in [3.05, 3.63) is 44.7 Å². The van der Waals surface area contributed by atoms with E-state index in [1.807, 2.05) is 13.0 Å². The first-order chi connectivity index (χ1) is 15.7. The Labute approximate surface area is 198 Å². The van der Waals surface area contributed by atoms with Gasteiger partial charge in [0.25, 0.3) is 11.5 Å². The molecule has 0 bridgehead atoms. The van der Waals surface area contributed by atoms with Gasteiger partial charge in [-0.15, -0.1) is 0 Å². The average molecular weight is 488 g/mol. The zero-order valence-corrected chi connectivity index (χ0v) is 19.8. The quantitative estimate of drug-likeness (QED) is 0.378. The van der Waals surface area contributed by atoms with Crippen LogP contribution in [0.1, 0.15) is 17.5 Å². The third kappa shape index (κ3) is 4.11. The standard InChI is InChI=1S/C21H21N5O5S2/c1-11-5-4-7-26-16(11)23-17(25-8-6-22-18(28)13(25)10-15(27)31-3)12(19(26)29)9-14-20(30)24(2)21(32)33-14/h4-5,7,9,13H,6,8,10H2,1-3H3,(H,22,28)/b14-9-/t13-/m0/s1. The van der Waals surface area contributed by atoms with Crippen molar-refractivity contribution in [1.82, 2.24) is 19.6 Å². The van der Waals surface area contributed by atoms with E-state index in [1.165, 1.54) is 22.5 Å². The zero-order chi connectivity index (χ0) is 23.9. The number of methoxy groups -OCH3 is 1. The predicted octanol–water partition coefficient (Wildman–Crippen LogP) is 0.702. The highest BCUT2D eigenvalue weighted by Gasteiger charge is 2.36. The van der Waals surface area contributed by atoms with Gasteiger partial charge in [-0.1, -0.05) is 30.0 Å². The molecule has 2 aromatic rings. The van der Waals surface area contributed by atoms with Crippen molar-refractivity contribution in [2.24, 2.45) is 0 Å². The molecule has 1 atom stereocenters. The number of likely N-dealkylation sites (N-methyl/N-ethyl adjacent to an activating group) is 1. The minimum atomic E-state index is -0.919. The first-order valence-electron chi connectivity index (χ1n) is 10.1. The summed E-state index contributed by atoms with van der Waals surface area (Å²) in [5.74, 6) is -1.04. The number of thiocarbonyl (C=S) groups is 1. The molecule has 2 aromatic heterocycles. The summed E-state index contributed by atoms with van der Waals surface area (Å²) in [6.45, 7) is 2.45. The van der Waals surface area contributed by atoms with Crippen LogP contribution in [0, 0.1) is 6.92 Å². The lowest BCUT2D eigenvalue weighted by molar-refractivity contribution is -0.143. The number of hydrogen-bond donors (Lipinski definition) is 1. The fourth-order valence-electron chi connectivity index (χ4n) is 3.73. The summed E-state index contributed by atoms with van der Waals surface area (Å²) < 4.78 is 6.54. The molecule has 1 N–H and O–H groups in total. The summed E-state index contributed by atoms with van der Waals surface area (Å²) in [5, 5.41) is 2.74. The van der Waals surface area contributed by atoms with Crippen molar-refractivity contribution in [3.63, 3.8) is 0 Å². The van der Waals surface area contributed by atoms with Gasteiger partial charge < -0.3 is 15.0 Å². The van der Waals surface area contributed by atoms with E-state index >= 15 is 0 Å². The van der Waals surface area contributed by atoms with Gasteiger partial charge in [0.1, 0.15) is 21.8 Å². The van der Waals surface area contributed by atoms with Crippen molar-refractivity contribution in [2.45, 2.75) is 19.4 Å². The Bertz CT molecular complexity index is 1290. The highest BCUT2D eigenvalue weighted by Crippen LogP contribution is 2.33. The van der Waals surface area contributed by atoms with Gasteiger partial charge in [-0.3, -0.25) is 28.5 Å². The summed E-state index contributed by atoms with van der Waals surface area (Å²) in [6, 6.07) is 2.63. The zero-order valence-electron chi connectivity index (χ0n) is 18.2. The average Bonchev–Trinajstić information content (AvgIpc) is 3.03. The topological polar surface area (TPSA) is 113 Å². The molecule has 2 aliphatic heterocycles. The number of carbonyl (C=O) groups is 3. The van der Waals surface area contributed by atoms with Gasteiger partial charge in [0.05, 0.1) is 24.0 Å². The number of carbonyl (C=O) groups excluding carboxylic acids is 3. The summed E-state index contributed by atoms with van der Waals surface area (Å²) in [7, 11) is 2.81. The highest BCUT2D eigenvalue weighted by molar-refractivity contribution is 8.26. The third-order valence-electron chi connectivity index (χ3n) is 5.52. The Balaban J connectivity index is 1.95. The molecule has 0 radical (unpaired) electrons. The van der Waals surface area contributed by atoms with Crippen LogP contribution in [0.3, 0.4) is 0 Å². The summed E-state index contributed by atoms with van der Waals surface area (Å²) in [5.41, 5.74) is 0.910. The van der Waals surface area contributed by atoms with E-state index in [2.05, 4.69) is 5.32 Å². The first kappa shape index (κ1) is 22.9. The number of nitrogens with zero attached hydrogens (tertiary/aromatic N) is 4. The fourth-order valence-corrected chi connectivity index (χ4v) is 4.90. The summed E-state index contributed by atoms with van der Waals surface area (Å²) in [6.07, 6.45) is 2.84. The van der Waals surface area contributed by atoms with E-state index in [9.17, 15) is 19.2 Å². The van der Waals surface area contributed by atoms with Crippen LogP contribution < -0.4 is 15.8 Å². The van der Waals surface area contributed by atoms with Crippen LogP contribution in [0.4, 0.5) is 5.82 Å². The monoisotopic (exact) mass is 487 g/mol. The Kier molecular flexibility index (Phi) is 6.21. The number of piperazine rings is 1. The van der Waals surface area contributed by atoms with Crippen LogP contribution >= 0.6 is 24.0 Å². The van der Waals surface area contributed by atoms with E-state index in [0.29, 0.717) is 23.1 Å². The maximum atomic E-state index is 13.6. The Morgan fingerprint density at radius 2 is 2.15 bits per heavy atom. The number of aromatic nitrogens is 2. The SMILES string of the molecule is COC(=O)C[C@H]1C(=O)NCCN1c1nc2c(C)cccn2c(=O)c1/C=C1\SC(=S)N(C)C1=O. The lowest BCUT2D eigenvalue weighted by Gasteiger charge is -2.36. The van der Waals surface area contributed by atoms with Crippen molar-refractivity contribution in [2.75, 3.05) is 32.1 Å². The number of anilines is 1. The van der Waals surface area contributed by atoms with Crippen molar-refractivity contribution in [3.8, 4) is 0 Å². The maximum Gasteiger partial charge on any atom is 0.308 e. The number of thioether (sulfide) groups is 1. The van der Waals surface area contributed by atoms with Crippen LogP contribution in [0.15, 0.2) is 28.0 Å². The largest absolute Gasteiger partial charge is 0.469 e. The molecule has 2 amide bonds. The van der Waals surface area contributed by atoms with Crippen LogP contribution in [0.25, 0.3) is 11.7 Å². The molecular formula is C21H21N5O5S2. The van der Waals surface area contributed by atoms with E-state index < -0.39 is 17.6 Å². The molecule has 4 heterocycles. The number of rotatable bonds is 4. The van der Waals surface area contributed by atoms with Crippen molar-refractivity contribution < 1.29 is 19.1 Å². The van der Waals surface area contributed by atoms with E-state index in [4.69, 9.17) is 21.9 Å².